The Hall–Kier alpha value is -2.14. The molecule has 0 bridgehead atoms. The standard InChI is InChI=1S/C20H22F2N2O/c1-13-12-25-20-10-15-5-7-23-6-4-14(15)9-19(20)24(13)11-16-8-17(21)2-3-18(16)22/h2-3,8-10,13,23H,4-7,11-12H2,1H3/t13-/m0/s1. The fourth-order valence-corrected chi connectivity index (χ4v) is 3.66. The summed E-state index contributed by atoms with van der Waals surface area (Å²) in [4.78, 5) is 2.12. The van der Waals surface area contributed by atoms with Crippen LogP contribution in [0.25, 0.3) is 0 Å². The summed E-state index contributed by atoms with van der Waals surface area (Å²) in [6, 6.07) is 8.02. The summed E-state index contributed by atoms with van der Waals surface area (Å²) < 4.78 is 33.6. The zero-order valence-corrected chi connectivity index (χ0v) is 14.3. The summed E-state index contributed by atoms with van der Waals surface area (Å²) in [5, 5.41) is 3.41. The number of anilines is 1. The summed E-state index contributed by atoms with van der Waals surface area (Å²) in [6.07, 6.45) is 1.96. The Morgan fingerprint density at radius 2 is 1.88 bits per heavy atom. The van der Waals surface area contributed by atoms with E-state index >= 15 is 0 Å². The largest absolute Gasteiger partial charge is 0.489 e. The molecule has 0 unspecified atom stereocenters. The topological polar surface area (TPSA) is 24.5 Å². The second-order valence-corrected chi connectivity index (χ2v) is 6.86. The molecule has 132 valence electrons. The molecule has 2 aromatic carbocycles. The summed E-state index contributed by atoms with van der Waals surface area (Å²) in [7, 11) is 0. The second kappa shape index (κ2) is 6.64. The Balaban J connectivity index is 1.72. The Kier molecular flexibility index (Phi) is 4.34. The van der Waals surface area contributed by atoms with E-state index in [2.05, 4.69) is 22.3 Å². The molecule has 0 saturated heterocycles. The van der Waals surface area contributed by atoms with Crippen molar-refractivity contribution in [2.75, 3.05) is 24.6 Å². The summed E-state index contributed by atoms with van der Waals surface area (Å²) in [5.74, 6) is 0.0571. The second-order valence-electron chi connectivity index (χ2n) is 6.86. The van der Waals surface area contributed by atoms with Gasteiger partial charge in [0.2, 0.25) is 0 Å². The van der Waals surface area contributed by atoms with Gasteiger partial charge in [0, 0.05) is 12.1 Å². The molecule has 0 aromatic heterocycles. The zero-order valence-electron chi connectivity index (χ0n) is 14.3. The number of hydrogen-bond acceptors (Lipinski definition) is 3. The van der Waals surface area contributed by atoms with Crippen LogP contribution in [0, 0.1) is 11.6 Å². The van der Waals surface area contributed by atoms with Crippen LogP contribution in [0.4, 0.5) is 14.5 Å². The molecule has 0 fully saturated rings. The Morgan fingerprint density at radius 1 is 1.12 bits per heavy atom. The van der Waals surface area contributed by atoms with Crippen molar-refractivity contribution in [1.29, 1.82) is 0 Å². The minimum Gasteiger partial charge on any atom is -0.489 e. The lowest BCUT2D eigenvalue weighted by Crippen LogP contribution is -2.40. The highest BCUT2D eigenvalue weighted by Gasteiger charge is 2.27. The van der Waals surface area contributed by atoms with Gasteiger partial charge in [-0.25, -0.2) is 8.78 Å². The van der Waals surface area contributed by atoms with Crippen LogP contribution in [-0.2, 0) is 19.4 Å². The van der Waals surface area contributed by atoms with Crippen LogP contribution in [-0.4, -0.2) is 25.7 Å². The molecule has 2 aliphatic rings. The molecule has 0 radical (unpaired) electrons. The van der Waals surface area contributed by atoms with Gasteiger partial charge >= 0.3 is 0 Å². The van der Waals surface area contributed by atoms with Crippen molar-refractivity contribution in [3.05, 3.63) is 58.7 Å². The zero-order chi connectivity index (χ0) is 17.4. The van der Waals surface area contributed by atoms with Gasteiger partial charge in [-0.05, 0) is 74.3 Å². The fourth-order valence-electron chi connectivity index (χ4n) is 3.66. The first-order chi connectivity index (χ1) is 12.1. The number of rotatable bonds is 2. The lowest BCUT2D eigenvalue weighted by atomic mass is 9.99. The van der Waals surface area contributed by atoms with E-state index in [1.165, 1.54) is 23.3 Å². The van der Waals surface area contributed by atoms with Gasteiger partial charge in [0.05, 0.1) is 11.7 Å². The lowest BCUT2D eigenvalue weighted by Gasteiger charge is -2.37. The van der Waals surface area contributed by atoms with Crippen molar-refractivity contribution in [2.24, 2.45) is 0 Å². The van der Waals surface area contributed by atoms with Crippen LogP contribution in [0.1, 0.15) is 23.6 Å². The summed E-state index contributed by atoms with van der Waals surface area (Å²) in [6.45, 7) is 4.85. The number of halogens is 2. The van der Waals surface area contributed by atoms with Gasteiger partial charge in [0.15, 0.2) is 0 Å². The van der Waals surface area contributed by atoms with E-state index < -0.39 is 5.82 Å². The average molecular weight is 344 g/mol. The van der Waals surface area contributed by atoms with Gasteiger partial charge < -0.3 is 15.0 Å². The predicted molar refractivity (Wildman–Crippen MR) is 94.2 cm³/mol. The third-order valence-corrected chi connectivity index (χ3v) is 5.09. The maximum absolute atomic E-state index is 14.1. The van der Waals surface area contributed by atoms with Crippen LogP contribution in [0.3, 0.4) is 0 Å². The molecule has 1 atom stereocenters. The molecule has 3 nitrogen and oxygen atoms in total. The van der Waals surface area contributed by atoms with Gasteiger partial charge in [-0.3, -0.25) is 0 Å². The van der Waals surface area contributed by atoms with Gasteiger partial charge in [-0.2, -0.15) is 0 Å². The number of fused-ring (bicyclic) bond motifs is 2. The van der Waals surface area contributed by atoms with Gasteiger partial charge in [0.25, 0.3) is 0 Å². The quantitative estimate of drug-likeness (QED) is 0.903. The predicted octanol–water partition coefficient (Wildman–Crippen LogP) is 3.44. The Bertz CT molecular complexity index is 794. The van der Waals surface area contributed by atoms with Crippen LogP contribution in [0.15, 0.2) is 30.3 Å². The third kappa shape index (κ3) is 3.21. The minimum atomic E-state index is -0.412. The molecule has 5 heteroatoms. The van der Waals surface area contributed by atoms with E-state index in [9.17, 15) is 8.78 Å². The van der Waals surface area contributed by atoms with E-state index in [0.29, 0.717) is 18.7 Å². The maximum Gasteiger partial charge on any atom is 0.143 e. The Labute approximate surface area is 146 Å². The van der Waals surface area contributed by atoms with Crippen LogP contribution < -0.4 is 15.0 Å². The molecule has 25 heavy (non-hydrogen) atoms. The average Bonchev–Trinajstić information content (AvgIpc) is 2.83. The highest BCUT2D eigenvalue weighted by molar-refractivity contribution is 5.64. The van der Waals surface area contributed by atoms with Gasteiger partial charge in [-0.15, -0.1) is 0 Å². The molecule has 0 spiro atoms. The molecule has 2 heterocycles. The van der Waals surface area contributed by atoms with Crippen molar-refractivity contribution in [3.63, 3.8) is 0 Å². The van der Waals surface area contributed by atoms with E-state index in [-0.39, 0.29) is 11.9 Å². The van der Waals surface area contributed by atoms with Crippen LogP contribution >= 0.6 is 0 Å². The minimum absolute atomic E-state index is 0.0946. The normalized spacial score (nSPS) is 19.6. The first-order valence-corrected chi connectivity index (χ1v) is 8.81. The lowest BCUT2D eigenvalue weighted by molar-refractivity contribution is 0.268. The number of hydrogen-bond donors (Lipinski definition) is 1. The van der Waals surface area contributed by atoms with Crippen molar-refractivity contribution >= 4 is 5.69 Å². The summed E-state index contributed by atoms with van der Waals surface area (Å²) in [5.41, 5.74) is 3.97. The fraction of sp³-hybridized carbons (Fsp3) is 0.400. The van der Waals surface area contributed by atoms with Gasteiger partial charge in [-0.1, -0.05) is 0 Å². The number of nitrogens with one attached hydrogen (secondary N) is 1. The Morgan fingerprint density at radius 3 is 2.68 bits per heavy atom. The van der Waals surface area contributed by atoms with Crippen LogP contribution in [0.2, 0.25) is 0 Å². The SMILES string of the molecule is C[C@H]1COc2cc3c(cc2N1Cc1cc(F)ccc1F)CCNCC3. The molecule has 0 saturated carbocycles. The van der Waals surface area contributed by atoms with Crippen molar-refractivity contribution in [3.8, 4) is 5.75 Å². The molecule has 2 aromatic rings. The summed E-state index contributed by atoms with van der Waals surface area (Å²) >= 11 is 0. The molecule has 1 N–H and O–H groups in total. The monoisotopic (exact) mass is 344 g/mol. The highest BCUT2D eigenvalue weighted by Crippen LogP contribution is 2.38. The van der Waals surface area contributed by atoms with Crippen molar-refractivity contribution in [2.45, 2.75) is 32.4 Å². The molecule has 0 amide bonds. The molecule has 0 aliphatic carbocycles. The molecular weight excluding hydrogens is 322 g/mol. The highest BCUT2D eigenvalue weighted by atomic mass is 19.1. The molecular formula is C20H22F2N2O. The van der Waals surface area contributed by atoms with Crippen molar-refractivity contribution in [1.82, 2.24) is 5.32 Å². The van der Waals surface area contributed by atoms with Crippen LogP contribution in [0.5, 0.6) is 5.75 Å². The van der Waals surface area contributed by atoms with Gasteiger partial charge in [0.1, 0.15) is 24.0 Å². The number of ether oxygens (including phenoxy) is 1. The first kappa shape index (κ1) is 16.3. The van der Waals surface area contributed by atoms with E-state index in [0.717, 1.165) is 43.4 Å². The number of benzene rings is 2. The first-order valence-electron chi connectivity index (χ1n) is 8.81. The maximum atomic E-state index is 14.1. The van der Waals surface area contributed by atoms with E-state index in [1.807, 2.05) is 6.92 Å². The molecule has 4 rings (SSSR count). The van der Waals surface area contributed by atoms with E-state index in [1.54, 1.807) is 0 Å². The van der Waals surface area contributed by atoms with E-state index in [4.69, 9.17) is 4.74 Å². The molecule has 2 aliphatic heterocycles. The third-order valence-electron chi connectivity index (χ3n) is 5.09. The smallest absolute Gasteiger partial charge is 0.143 e. The van der Waals surface area contributed by atoms with Crippen molar-refractivity contribution < 1.29 is 13.5 Å². The number of nitrogens with zero attached hydrogens (tertiary/aromatic N) is 1.